The van der Waals surface area contributed by atoms with Crippen molar-refractivity contribution in [3.63, 3.8) is 0 Å². The second-order valence-electron chi connectivity index (χ2n) is 3.93. The van der Waals surface area contributed by atoms with Gasteiger partial charge in [-0.3, -0.25) is 0 Å². The Kier molecular flexibility index (Phi) is 5.05. The SMILES string of the molecule is C[N+]1=CCCCCCCCCC1. The van der Waals surface area contributed by atoms with Crippen LogP contribution < -0.4 is 0 Å². The molecular formula is C11H22N+. The van der Waals surface area contributed by atoms with Gasteiger partial charge in [0, 0.05) is 12.8 Å². The summed E-state index contributed by atoms with van der Waals surface area (Å²) in [7, 11) is 2.21. The summed E-state index contributed by atoms with van der Waals surface area (Å²) in [4.78, 5) is 0. The van der Waals surface area contributed by atoms with E-state index in [1.807, 2.05) is 0 Å². The van der Waals surface area contributed by atoms with Crippen LogP contribution >= 0.6 is 0 Å². The van der Waals surface area contributed by atoms with E-state index in [0.717, 1.165) is 0 Å². The smallest absolute Gasteiger partial charge is 0.142 e. The van der Waals surface area contributed by atoms with E-state index in [9.17, 15) is 0 Å². The van der Waals surface area contributed by atoms with E-state index in [2.05, 4.69) is 17.8 Å². The number of nitrogens with zero attached hydrogens (tertiary/aromatic N) is 1. The second kappa shape index (κ2) is 6.22. The maximum absolute atomic E-state index is 2.37. The molecule has 70 valence electrons. The van der Waals surface area contributed by atoms with Gasteiger partial charge >= 0.3 is 0 Å². The minimum absolute atomic E-state index is 1.26. The first-order valence-electron chi connectivity index (χ1n) is 5.43. The van der Waals surface area contributed by atoms with Crippen molar-refractivity contribution in [3.05, 3.63) is 0 Å². The summed E-state index contributed by atoms with van der Waals surface area (Å²) in [5.74, 6) is 0. The van der Waals surface area contributed by atoms with Gasteiger partial charge in [0.05, 0.1) is 0 Å². The van der Waals surface area contributed by atoms with Gasteiger partial charge in [-0.1, -0.05) is 25.7 Å². The van der Waals surface area contributed by atoms with Crippen molar-refractivity contribution in [1.29, 1.82) is 0 Å². The summed E-state index contributed by atoms with van der Waals surface area (Å²) in [6.07, 6.45) is 13.7. The average Bonchev–Trinajstić information content (AvgIpc) is 2.11. The molecule has 1 aliphatic heterocycles. The molecule has 1 nitrogen and oxygen atoms in total. The van der Waals surface area contributed by atoms with Gasteiger partial charge in [-0.15, -0.1) is 0 Å². The molecule has 1 rings (SSSR count). The third kappa shape index (κ3) is 4.53. The zero-order valence-electron chi connectivity index (χ0n) is 8.39. The summed E-state index contributed by atoms with van der Waals surface area (Å²) in [5.41, 5.74) is 0. The molecule has 0 bridgehead atoms. The minimum Gasteiger partial charge on any atom is -0.242 e. The van der Waals surface area contributed by atoms with Crippen molar-refractivity contribution >= 4 is 6.21 Å². The van der Waals surface area contributed by atoms with Crippen molar-refractivity contribution in [2.75, 3.05) is 13.6 Å². The standard InChI is InChI=1S/C11H22N/c1-12-10-8-6-4-2-3-5-7-9-11-12/h10H,2-9,11H2,1H3/q+1. The van der Waals surface area contributed by atoms with Gasteiger partial charge in [-0.25, -0.2) is 4.58 Å². The Hall–Kier alpha value is -0.330. The molecule has 0 aromatic heterocycles. The molecule has 0 amide bonds. The summed E-state index contributed by atoms with van der Waals surface area (Å²) in [5, 5.41) is 0. The van der Waals surface area contributed by atoms with Gasteiger partial charge in [-0.2, -0.15) is 0 Å². The van der Waals surface area contributed by atoms with Crippen LogP contribution in [0.15, 0.2) is 0 Å². The molecule has 0 atom stereocenters. The largest absolute Gasteiger partial charge is 0.242 e. The first kappa shape index (κ1) is 9.76. The summed E-state index contributed by atoms with van der Waals surface area (Å²) < 4.78 is 2.37. The minimum atomic E-state index is 1.26. The molecule has 0 aromatic carbocycles. The maximum Gasteiger partial charge on any atom is 0.142 e. The van der Waals surface area contributed by atoms with E-state index in [0.29, 0.717) is 0 Å². The van der Waals surface area contributed by atoms with Crippen molar-refractivity contribution in [2.45, 2.75) is 51.4 Å². The molecule has 0 saturated heterocycles. The third-order valence-electron chi connectivity index (χ3n) is 2.66. The molecule has 0 radical (unpaired) electrons. The van der Waals surface area contributed by atoms with E-state index in [1.165, 1.54) is 57.9 Å². The fourth-order valence-electron chi connectivity index (χ4n) is 1.79. The highest BCUT2D eigenvalue weighted by Gasteiger charge is 1.99. The van der Waals surface area contributed by atoms with Gasteiger partial charge in [0.25, 0.3) is 0 Å². The third-order valence-corrected chi connectivity index (χ3v) is 2.66. The van der Waals surface area contributed by atoms with E-state index >= 15 is 0 Å². The van der Waals surface area contributed by atoms with Crippen molar-refractivity contribution in [3.8, 4) is 0 Å². The van der Waals surface area contributed by atoms with E-state index in [-0.39, 0.29) is 0 Å². The van der Waals surface area contributed by atoms with Crippen LogP contribution in [0.5, 0.6) is 0 Å². The molecule has 0 aliphatic carbocycles. The van der Waals surface area contributed by atoms with Crippen molar-refractivity contribution < 1.29 is 4.58 Å². The first-order valence-corrected chi connectivity index (χ1v) is 5.43. The van der Waals surface area contributed by atoms with Gasteiger partial charge in [0.2, 0.25) is 0 Å². The Morgan fingerprint density at radius 3 is 2.17 bits per heavy atom. The lowest BCUT2D eigenvalue weighted by molar-refractivity contribution is -0.494. The average molecular weight is 168 g/mol. The molecule has 1 aliphatic rings. The van der Waals surface area contributed by atoms with E-state index in [1.54, 1.807) is 0 Å². The Balaban J connectivity index is 2.25. The summed E-state index contributed by atoms with van der Waals surface area (Å²) >= 11 is 0. The van der Waals surface area contributed by atoms with Crippen LogP contribution in [0.3, 0.4) is 0 Å². The highest BCUT2D eigenvalue weighted by atomic mass is 14.9. The van der Waals surface area contributed by atoms with Crippen LogP contribution in [0.1, 0.15) is 51.4 Å². The lowest BCUT2D eigenvalue weighted by Crippen LogP contribution is -2.08. The molecule has 0 aromatic rings. The van der Waals surface area contributed by atoms with Crippen molar-refractivity contribution in [2.24, 2.45) is 0 Å². The van der Waals surface area contributed by atoms with Crippen LogP contribution in [0.2, 0.25) is 0 Å². The van der Waals surface area contributed by atoms with Gasteiger partial charge in [-0.05, 0) is 12.8 Å². The molecule has 0 unspecified atom stereocenters. The number of rotatable bonds is 0. The van der Waals surface area contributed by atoms with Gasteiger partial charge in [0.15, 0.2) is 0 Å². The van der Waals surface area contributed by atoms with Crippen LogP contribution in [0.25, 0.3) is 0 Å². The van der Waals surface area contributed by atoms with E-state index in [4.69, 9.17) is 0 Å². The Morgan fingerprint density at radius 2 is 1.42 bits per heavy atom. The Morgan fingerprint density at radius 1 is 0.833 bits per heavy atom. The van der Waals surface area contributed by atoms with Crippen LogP contribution in [-0.2, 0) is 0 Å². The van der Waals surface area contributed by atoms with E-state index < -0.39 is 0 Å². The molecule has 0 spiro atoms. The predicted octanol–water partition coefficient (Wildman–Crippen LogP) is 2.83. The fourth-order valence-corrected chi connectivity index (χ4v) is 1.79. The summed E-state index contributed by atoms with van der Waals surface area (Å²) in [6, 6.07) is 0. The molecular weight excluding hydrogens is 146 g/mol. The summed E-state index contributed by atoms with van der Waals surface area (Å²) in [6.45, 7) is 1.26. The molecule has 0 N–H and O–H groups in total. The zero-order chi connectivity index (χ0) is 8.65. The monoisotopic (exact) mass is 168 g/mol. The topological polar surface area (TPSA) is 3.01 Å². The van der Waals surface area contributed by atoms with Crippen LogP contribution in [0, 0.1) is 0 Å². The quantitative estimate of drug-likeness (QED) is 0.489. The molecule has 1 heterocycles. The molecule has 12 heavy (non-hydrogen) atoms. The Bertz CT molecular complexity index is 138. The highest BCUT2D eigenvalue weighted by Crippen LogP contribution is 2.08. The van der Waals surface area contributed by atoms with Crippen molar-refractivity contribution in [1.82, 2.24) is 0 Å². The van der Waals surface area contributed by atoms with Gasteiger partial charge < -0.3 is 0 Å². The lowest BCUT2D eigenvalue weighted by Gasteiger charge is -1.97. The van der Waals surface area contributed by atoms with Crippen LogP contribution in [-0.4, -0.2) is 24.4 Å². The maximum atomic E-state index is 2.37. The Labute approximate surface area is 76.5 Å². The molecule has 1 heteroatoms. The number of hydrogen-bond donors (Lipinski definition) is 0. The molecule has 0 saturated carbocycles. The predicted molar refractivity (Wildman–Crippen MR) is 54.1 cm³/mol. The molecule has 0 fully saturated rings. The van der Waals surface area contributed by atoms with Crippen LogP contribution in [0.4, 0.5) is 0 Å². The normalized spacial score (nSPS) is 22.6. The fraction of sp³-hybridized carbons (Fsp3) is 0.909. The zero-order valence-corrected chi connectivity index (χ0v) is 8.39. The number of hydrogen-bond acceptors (Lipinski definition) is 0. The lowest BCUT2D eigenvalue weighted by atomic mass is 10.1. The highest BCUT2D eigenvalue weighted by molar-refractivity contribution is 5.50. The second-order valence-corrected chi connectivity index (χ2v) is 3.93. The van der Waals surface area contributed by atoms with Gasteiger partial charge in [0.1, 0.15) is 19.8 Å². The first-order chi connectivity index (χ1) is 5.89.